The zero-order valence-corrected chi connectivity index (χ0v) is 24.9. The molecule has 40 heavy (non-hydrogen) atoms. The van der Waals surface area contributed by atoms with Gasteiger partial charge in [0, 0.05) is 6.42 Å². The van der Waals surface area contributed by atoms with Gasteiger partial charge in [-0.15, -0.1) is 0 Å². The van der Waals surface area contributed by atoms with Gasteiger partial charge in [0.15, 0.2) is 0 Å². The van der Waals surface area contributed by atoms with Crippen molar-refractivity contribution >= 4 is 16.1 Å². The smallest absolute Gasteiger partial charge is 0.407 e. The van der Waals surface area contributed by atoms with E-state index in [1.54, 1.807) is 32.9 Å². The number of amides is 1. The second-order valence-electron chi connectivity index (χ2n) is 11.5. The average Bonchev–Trinajstić information content (AvgIpc) is 3.63. The van der Waals surface area contributed by atoms with E-state index in [0.717, 1.165) is 5.56 Å². The standard InChI is InChI=1S/C29H42N2O8S/c1-20(16-17-29(5)38-39-29)18-25(31-40(34,35)23-14-12-22(36-6)13-15-23)26(32)24(19-21-10-8-7-9-11-21)30-27(33)37-28(2,3)4/h7-15,20,24-26,31-32H,16-19H2,1-6H3,(H,30,33)/t20?,24-,25?,26+/m0/s1. The van der Waals surface area contributed by atoms with Gasteiger partial charge in [0.25, 0.3) is 0 Å². The normalized spacial score (nSPS) is 17.8. The molecule has 1 saturated heterocycles. The summed E-state index contributed by atoms with van der Waals surface area (Å²) >= 11 is 0. The SMILES string of the molecule is COc1ccc(S(=O)(=O)NC(CC(C)CCC2(C)OO2)[C@H](O)[C@H](Cc2ccccc2)NC(=O)OC(C)(C)C)cc1. The molecule has 0 spiro atoms. The van der Waals surface area contributed by atoms with Crippen LogP contribution < -0.4 is 14.8 Å². The minimum Gasteiger partial charge on any atom is -0.497 e. The molecule has 1 amide bonds. The molecule has 0 radical (unpaired) electrons. The number of aliphatic hydroxyl groups is 1. The van der Waals surface area contributed by atoms with Crippen LogP contribution in [-0.4, -0.2) is 56.3 Å². The van der Waals surface area contributed by atoms with Gasteiger partial charge in [0.05, 0.1) is 30.2 Å². The van der Waals surface area contributed by atoms with Gasteiger partial charge in [-0.25, -0.2) is 17.9 Å². The first-order valence-electron chi connectivity index (χ1n) is 13.4. The number of alkyl carbamates (subject to hydrolysis) is 1. The molecule has 0 aliphatic carbocycles. The maximum atomic E-state index is 13.4. The molecule has 3 N–H and O–H groups in total. The lowest BCUT2D eigenvalue weighted by atomic mass is 9.89. The van der Waals surface area contributed by atoms with Gasteiger partial charge >= 0.3 is 6.09 Å². The fourth-order valence-electron chi connectivity index (χ4n) is 4.36. The van der Waals surface area contributed by atoms with E-state index in [0.29, 0.717) is 25.0 Å². The van der Waals surface area contributed by atoms with Crippen molar-refractivity contribution in [2.45, 2.75) is 94.8 Å². The number of nitrogens with one attached hydrogen (secondary N) is 2. The minimum atomic E-state index is -4.03. The van der Waals surface area contributed by atoms with Crippen LogP contribution in [0.25, 0.3) is 0 Å². The Labute approximate surface area is 237 Å². The molecule has 2 aromatic rings. The Morgan fingerprint density at radius 3 is 2.23 bits per heavy atom. The highest BCUT2D eigenvalue weighted by Crippen LogP contribution is 2.35. The second-order valence-corrected chi connectivity index (χ2v) is 13.2. The highest BCUT2D eigenvalue weighted by molar-refractivity contribution is 7.89. The van der Waals surface area contributed by atoms with E-state index in [4.69, 9.17) is 19.2 Å². The Morgan fingerprint density at radius 2 is 1.68 bits per heavy atom. The topological polar surface area (TPSA) is 139 Å². The summed E-state index contributed by atoms with van der Waals surface area (Å²) in [6.45, 7) is 9.04. The van der Waals surface area contributed by atoms with Crippen LogP contribution >= 0.6 is 0 Å². The van der Waals surface area contributed by atoms with Gasteiger partial charge in [0.1, 0.15) is 11.4 Å². The van der Waals surface area contributed by atoms with Gasteiger partial charge in [-0.3, -0.25) is 0 Å². The van der Waals surface area contributed by atoms with Crippen molar-refractivity contribution in [3.63, 3.8) is 0 Å². The lowest BCUT2D eigenvalue weighted by Gasteiger charge is -2.33. The summed E-state index contributed by atoms with van der Waals surface area (Å²) in [7, 11) is -2.53. The van der Waals surface area contributed by atoms with Crippen LogP contribution in [0.15, 0.2) is 59.5 Å². The van der Waals surface area contributed by atoms with E-state index in [1.165, 1.54) is 19.2 Å². The Kier molecular flexibility index (Phi) is 10.6. The first-order valence-corrected chi connectivity index (χ1v) is 14.9. The molecule has 1 aliphatic heterocycles. The number of methoxy groups -OCH3 is 1. The number of hydrogen-bond donors (Lipinski definition) is 3. The van der Waals surface area contributed by atoms with E-state index in [9.17, 15) is 18.3 Å². The van der Waals surface area contributed by atoms with Crippen LogP contribution in [-0.2, 0) is 31.0 Å². The second kappa shape index (κ2) is 13.3. The average molecular weight is 579 g/mol. The molecule has 0 aromatic heterocycles. The van der Waals surface area contributed by atoms with Crippen molar-refractivity contribution in [1.29, 1.82) is 0 Å². The molecule has 2 unspecified atom stereocenters. The summed E-state index contributed by atoms with van der Waals surface area (Å²) in [5.41, 5.74) is 0.114. The third-order valence-electron chi connectivity index (χ3n) is 6.62. The third-order valence-corrected chi connectivity index (χ3v) is 8.12. The van der Waals surface area contributed by atoms with E-state index >= 15 is 0 Å². The monoisotopic (exact) mass is 578 g/mol. The van der Waals surface area contributed by atoms with E-state index in [2.05, 4.69) is 10.0 Å². The highest BCUT2D eigenvalue weighted by Gasteiger charge is 2.43. The molecule has 4 atom stereocenters. The Morgan fingerprint density at radius 1 is 1.05 bits per heavy atom. The predicted molar refractivity (Wildman–Crippen MR) is 150 cm³/mol. The molecular formula is C29H42N2O8S. The lowest BCUT2D eigenvalue weighted by Crippen LogP contribution is -2.56. The molecule has 0 bridgehead atoms. The highest BCUT2D eigenvalue weighted by atomic mass is 32.2. The van der Waals surface area contributed by atoms with Gasteiger partial charge in [-0.2, -0.15) is 9.78 Å². The van der Waals surface area contributed by atoms with Crippen molar-refractivity contribution in [2.24, 2.45) is 5.92 Å². The molecule has 11 heteroatoms. The molecule has 1 fully saturated rings. The zero-order valence-electron chi connectivity index (χ0n) is 24.0. The summed E-state index contributed by atoms with van der Waals surface area (Å²) in [4.78, 5) is 22.8. The lowest BCUT2D eigenvalue weighted by molar-refractivity contribution is 0.0367. The molecule has 2 aromatic carbocycles. The number of aliphatic hydroxyl groups excluding tert-OH is 1. The minimum absolute atomic E-state index is 0.0123. The summed E-state index contributed by atoms with van der Waals surface area (Å²) in [6.07, 6.45) is -0.136. The predicted octanol–water partition coefficient (Wildman–Crippen LogP) is 4.32. The number of hydrogen-bond acceptors (Lipinski definition) is 8. The van der Waals surface area contributed by atoms with Crippen LogP contribution in [0, 0.1) is 5.92 Å². The van der Waals surface area contributed by atoms with Crippen LogP contribution in [0.2, 0.25) is 0 Å². The molecular weight excluding hydrogens is 536 g/mol. The third kappa shape index (κ3) is 10.0. The number of benzene rings is 2. The number of sulfonamides is 1. The Balaban J connectivity index is 1.87. The number of ether oxygens (including phenoxy) is 2. The van der Waals surface area contributed by atoms with E-state index in [1.807, 2.05) is 44.2 Å². The van der Waals surface area contributed by atoms with Crippen LogP contribution in [0.3, 0.4) is 0 Å². The molecule has 1 heterocycles. The summed E-state index contributed by atoms with van der Waals surface area (Å²) < 4.78 is 40.2. The molecule has 3 rings (SSSR count). The van der Waals surface area contributed by atoms with Crippen LogP contribution in [0.4, 0.5) is 4.79 Å². The quantitative estimate of drug-likeness (QED) is 0.223. The first kappa shape index (κ1) is 31.8. The van der Waals surface area contributed by atoms with Gasteiger partial charge in [0.2, 0.25) is 15.8 Å². The van der Waals surface area contributed by atoms with Gasteiger partial charge in [-0.1, -0.05) is 37.3 Å². The Hall–Kier alpha value is -2.70. The zero-order chi connectivity index (χ0) is 29.6. The van der Waals surface area contributed by atoms with Gasteiger partial charge < -0.3 is 19.9 Å². The summed E-state index contributed by atoms with van der Waals surface area (Å²) in [5.74, 6) is -0.118. The van der Waals surface area contributed by atoms with Crippen LogP contribution in [0.1, 0.15) is 59.4 Å². The largest absolute Gasteiger partial charge is 0.497 e. The van der Waals surface area contributed by atoms with Crippen molar-refractivity contribution in [1.82, 2.24) is 10.0 Å². The maximum absolute atomic E-state index is 13.4. The fourth-order valence-corrected chi connectivity index (χ4v) is 5.62. The molecule has 222 valence electrons. The first-order chi connectivity index (χ1) is 18.7. The molecule has 10 nitrogen and oxygen atoms in total. The number of rotatable bonds is 14. The van der Waals surface area contributed by atoms with Crippen molar-refractivity contribution in [2.75, 3.05) is 7.11 Å². The van der Waals surface area contributed by atoms with Crippen molar-refractivity contribution < 1.29 is 37.6 Å². The number of carbonyl (C=O) groups is 1. The maximum Gasteiger partial charge on any atom is 0.407 e. The van der Waals surface area contributed by atoms with E-state index in [-0.39, 0.29) is 17.2 Å². The fraction of sp³-hybridized carbons (Fsp3) is 0.552. The summed E-state index contributed by atoms with van der Waals surface area (Å²) in [6, 6.07) is 13.6. The summed E-state index contributed by atoms with van der Waals surface area (Å²) in [5, 5.41) is 14.5. The van der Waals surface area contributed by atoms with E-state index < -0.39 is 45.7 Å². The van der Waals surface area contributed by atoms with Crippen molar-refractivity contribution in [3.05, 3.63) is 60.2 Å². The van der Waals surface area contributed by atoms with Crippen molar-refractivity contribution in [3.8, 4) is 5.75 Å². The van der Waals surface area contributed by atoms with Crippen LogP contribution in [0.5, 0.6) is 5.75 Å². The number of carbonyl (C=O) groups excluding carboxylic acids is 1. The van der Waals surface area contributed by atoms with Gasteiger partial charge in [-0.05, 0) is 82.7 Å². The molecule has 1 aliphatic rings. The molecule has 0 saturated carbocycles. The Bertz CT molecular complexity index is 1190.